The van der Waals surface area contributed by atoms with Crippen LogP contribution in [0.5, 0.6) is 34.5 Å². The minimum atomic E-state index is 0.526. The molecule has 5 nitrogen and oxygen atoms in total. The van der Waals surface area contributed by atoms with E-state index in [-0.39, 0.29) is 0 Å². The first kappa shape index (κ1) is 16.5. The minimum Gasteiger partial charge on any atom is -0.497 e. The van der Waals surface area contributed by atoms with Gasteiger partial charge in [0, 0.05) is 18.2 Å². The number of methoxy groups -OCH3 is 4. The largest absolute Gasteiger partial charge is 0.497 e. The van der Waals surface area contributed by atoms with Gasteiger partial charge in [-0.1, -0.05) is 0 Å². The highest BCUT2D eigenvalue weighted by Crippen LogP contribution is 2.42. The Balaban J connectivity index is 2.41. The average Bonchev–Trinajstić information content (AvgIpc) is 2.55. The van der Waals surface area contributed by atoms with Crippen molar-refractivity contribution in [3.63, 3.8) is 0 Å². The van der Waals surface area contributed by atoms with Gasteiger partial charge in [-0.25, -0.2) is 0 Å². The zero-order valence-corrected chi connectivity index (χ0v) is 15.0. The standard InChI is InChI=1S/C16H17IO5/c1-18-10-5-6-12(17)13(7-10)22-11-8-14(19-2)16(21-4)15(9-11)20-3/h5-9H,1-4H3. The van der Waals surface area contributed by atoms with Crippen LogP contribution in [0.3, 0.4) is 0 Å². The maximum Gasteiger partial charge on any atom is 0.203 e. The summed E-state index contributed by atoms with van der Waals surface area (Å²) in [6.45, 7) is 0. The van der Waals surface area contributed by atoms with Gasteiger partial charge in [0.25, 0.3) is 0 Å². The summed E-state index contributed by atoms with van der Waals surface area (Å²) >= 11 is 2.20. The molecule has 0 radical (unpaired) electrons. The van der Waals surface area contributed by atoms with Crippen LogP contribution in [0.4, 0.5) is 0 Å². The quantitative estimate of drug-likeness (QED) is 0.664. The van der Waals surface area contributed by atoms with E-state index in [0.29, 0.717) is 28.7 Å². The predicted octanol–water partition coefficient (Wildman–Crippen LogP) is 4.12. The van der Waals surface area contributed by atoms with Crippen molar-refractivity contribution < 1.29 is 23.7 Å². The molecule has 0 amide bonds. The van der Waals surface area contributed by atoms with Crippen LogP contribution >= 0.6 is 22.6 Å². The lowest BCUT2D eigenvalue weighted by molar-refractivity contribution is 0.321. The van der Waals surface area contributed by atoms with Crippen molar-refractivity contribution in [2.24, 2.45) is 0 Å². The Labute approximate surface area is 143 Å². The van der Waals surface area contributed by atoms with Gasteiger partial charge in [0.2, 0.25) is 5.75 Å². The third-order valence-corrected chi connectivity index (χ3v) is 3.90. The topological polar surface area (TPSA) is 46.2 Å². The summed E-state index contributed by atoms with van der Waals surface area (Å²) in [5.74, 6) is 3.60. The van der Waals surface area contributed by atoms with Gasteiger partial charge < -0.3 is 23.7 Å². The van der Waals surface area contributed by atoms with Crippen molar-refractivity contribution in [3.05, 3.63) is 33.9 Å². The zero-order chi connectivity index (χ0) is 16.1. The lowest BCUT2D eigenvalue weighted by Gasteiger charge is -2.15. The molecule has 0 bridgehead atoms. The Morgan fingerprint density at radius 1 is 0.682 bits per heavy atom. The summed E-state index contributed by atoms with van der Waals surface area (Å²) in [4.78, 5) is 0. The van der Waals surface area contributed by atoms with Crippen molar-refractivity contribution in [2.75, 3.05) is 28.4 Å². The van der Waals surface area contributed by atoms with Crippen LogP contribution in [0.25, 0.3) is 0 Å². The number of rotatable bonds is 6. The number of ether oxygens (including phenoxy) is 5. The van der Waals surface area contributed by atoms with Gasteiger partial charge in [0.15, 0.2) is 11.5 Å². The van der Waals surface area contributed by atoms with E-state index in [4.69, 9.17) is 23.7 Å². The first-order chi connectivity index (χ1) is 10.6. The molecular formula is C16H17IO5. The van der Waals surface area contributed by atoms with Gasteiger partial charge >= 0.3 is 0 Å². The van der Waals surface area contributed by atoms with Crippen LogP contribution < -0.4 is 23.7 Å². The van der Waals surface area contributed by atoms with Gasteiger partial charge in [0.05, 0.1) is 32.0 Å². The second-order valence-corrected chi connectivity index (χ2v) is 5.42. The SMILES string of the molecule is COc1ccc(I)c(Oc2cc(OC)c(OC)c(OC)c2)c1. The molecular weight excluding hydrogens is 399 g/mol. The molecule has 0 aliphatic rings. The van der Waals surface area contributed by atoms with E-state index >= 15 is 0 Å². The molecule has 2 aromatic rings. The number of halogens is 1. The maximum absolute atomic E-state index is 5.93. The summed E-state index contributed by atoms with van der Waals surface area (Å²) in [5.41, 5.74) is 0. The third kappa shape index (κ3) is 3.49. The molecule has 0 aliphatic carbocycles. The van der Waals surface area contributed by atoms with E-state index in [1.54, 1.807) is 40.6 Å². The minimum absolute atomic E-state index is 0.526. The monoisotopic (exact) mass is 416 g/mol. The maximum atomic E-state index is 5.93. The van der Waals surface area contributed by atoms with Crippen LogP contribution in [0.1, 0.15) is 0 Å². The Bertz CT molecular complexity index is 632. The van der Waals surface area contributed by atoms with Crippen LogP contribution in [-0.4, -0.2) is 28.4 Å². The third-order valence-electron chi connectivity index (χ3n) is 3.00. The van der Waals surface area contributed by atoms with Gasteiger partial charge in [-0.05, 0) is 34.7 Å². The van der Waals surface area contributed by atoms with E-state index in [0.717, 1.165) is 9.32 Å². The molecule has 0 N–H and O–H groups in total. The van der Waals surface area contributed by atoms with E-state index in [1.165, 1.54) is 0 Å². The molecule has 0 atom stereocenters. The molecule has 0 fully saturated rings. The van der Waals surface area contributed by atoms with Crippen LogP contribution in [-0.2, 0) is 0 Å². The summed E-state index contributed by atoms with van der Waals surface area (Å²) in [6.07, 6.45) is 0. The van der Waals surface area contributed by atoms with E-state index in [2.05, 4.69) is 22.6 Å². The molecule has 0 saturated carbocycles. The first-order valence-electron chi connectivity index (χ1n) is 6.44. The summed E-state index contributed by atoms with van der Waals surface area (Å²) in [7, 11) is 6.31. The Hall–Kier alpha value is -1.83. The number of benzene rings is 2. The van der Waals surface area contributed by atoms with Crippen LogP contribution in [0.2, 0.25) is 0 Å². The van der Waals surface area contributed by atoms with Crippen molar-refractivity contribution in [3.8, 4) is 34.5 Å². The highest BCUT2D eigenvalue weighted by molar-refractivity contribution is 14.1. The molecule has 6 heteroatoms. The average molecular weight is 416 g/mol. The van der Waals surface area contributed by atoms with Crippen molar-refractivity contribution in [1.82, 2.24) is 0 Å². The number of hydrogen-bond donors (Lipinski definition) is 0. The molecule has 2 rings (SSSR count). The summed E-state index contributed by atoms with van der Waals surface area (Å²) < 4.78 is 28.1. The zero-order valence-electron chi connectivity index (χ0n) is 12.8. The summed E-state index contributed by atoms with van der Waals surface area (Å²) in [6, 6.07) is 9.12. The van der Waals surface area contributed by atoms with Crippen molar-refractivity contribution >= 4 is 22.6 Å². The molecule has 22 heavy (non-hydrogen) atoms. The number of hydrogen-bond acceptors (Lipinski definition) is 5. The van der Waals surface area contributed by atoms with Gasteiger partial charge in [0.1, 0.15) is 17.2 Å². The van der Waals surface area contributed by atoms with Crippen molar-refractivity contribution in [1.29, 1.82) is 0 Å². The lowest BCUT2D eigenvalue weighted by Crippen LogP contribution is -1.96. The smallest absolute Gasteiger partial charge is 0.203 e. The summed E-state index contributed by atoms with van der Waals surface area (Å²) in [5, 5.41) is 0. The Morgan fingerprint density at radius 2 is 1.27 bits per heavy atom. The van der Waals surface area contributed by atoms with E-state index in [9.17, 15) is 0 Å². The second kappa shape index (κ2) is 7.44. The molecule has 0 unspecified atom stereocenters. The second-order valence-electron chi connectivity index (χ2n) is 4.26. The normalized spacial score (nSPS) is 10.0. The molecule has 0 aromatic heterocycles. The fourth-order valence-electron chi connectivity index (χ4n) is 1.93. The first-order valence-corrected chi connectivity index (χ1v) is 7.52. The van der Waals surface area contributed by atoms with Gasteiger partial charge in [-0.3, -0.25) is 0 Å². The molecule has 0 heterocycles. The fourth-order valence-corrected chi connectivity index (χ4v) is 2.38. The fraction of sp³-hybridized carbons (Fsp3) is 0.250. The van der Waals surface area contributed by atoms with E-state index < -0.39 is 0 Å². The highest BCUT2D eigenvalue weighted by Gasteiger charge is 2.15. The lowest BCUT2D eigenvalue weighted by atomic mass is 10.2. The van der Waals surface area contributed by atoms with Crippen LogP contribution in [0, 0.1) is 3.57 Å². The molecule has 0 aliphatic heterocycles. The Morgan fingerprint density at radius 3 is 1.77 bits per heavy atom. The van der Waals surface area contributed by atoms with Gasteiger partial charge in [-0.15, -0.1) is 0 Å². The molecule has 0 spiro atoms. The van der Waals surface area contributed by atoms with E-state index in [1.807, 2.05) is 18.2 Å². The van der Waals surface area contributed by atoms with Crippen molar-refractivity contribution in [2.45, 2.75) is 0 Å². The molecule has 2 aromatic carbocycles. The molecule has 0 saturated heterocycles. The van der Waals surface area contributed by atoms with Crippen LogP contribution in [0.15, 0.2) is 30.3 Å². The molecule has 118 valence electrons. The Kier molecular flexibility index (Phi) is 5.59. The van der Waals surface area contributed by atoms with Gasteiger partial charge in [-0.2, -0.15) is 0 Å². The highest BCUT2D eigenvalue weighted by atomic mass is 127. The predicted molar refractivity (Wildman–Crippen MR) is 91.9 cm³/mol.